The lowest BCUT2D eigenvalue weighted by Crippen LogP contribution is -2.38. The van der Waals surface area contributed by atoms with Crippen molar-refractivity contribution in [3.8, 4) is 0 Å². The summed E-state index contributed by atoms with van der Waals surface area (Å²) in [5.74, 6) is -2.84. The highest BCUT2D eigenvalue weighted by atomic mass is 19.4. The molecule has 5 nitrogen and oxygen atoms in total. The van der Waals surface area contributed by atoms with Crippen molar-refractivity contribution in [3.05, 3.63) is 23.8 Å². The number of amides is 2. The summed E-state index contributed by atoms with van der Waals surface area (Å²) in [5.41, 5.74) is 5.91. The lowest BCUT2D eigenvalue weighted by molar-refractivity contribution is -0.167. The van der Waals surface area contributed by atoms with Crippen molar-refractivity contribution in [3.63, 3.8) is 0 Å². The number of nitrogens with two attached hydrogens (primary N) is 1. The summed E-state index contributed by atoms with van der Waals surface area (Å²) >= 11 is 0. The average molecular weight is 329 g/mol. The Bertz CT molecular complexity index is 616. The predicted molar refractivity (Wildman–Crippen MR) is 80.3 cm³/mol. The number of piperidine rings is 1. The maximum Gasteiger partial charge on any atom is 0.471 e. The van der Waals surface area contributed by atoms with Crippen molar-refractivity contribution in [1.82, 2.24) is 0 Å². The number of benzene rings is 1. The van der Waals surface area contributed by atoms with E-state index in [-0.39, 0.29) is 17.3 Å². The molecule has 1 aromatic rings. The van der Waals surface area contributed by atoms with Crippen LogP contribution < -0.4 is 16.0 Å². The van der Waals surface area contributed by atoms with E-state index in [1.165, 1.54) is 18.2 Å². The minimum Gasteiger partial charge on any atom is -0.368 e. The van der Waals surface area contributed by atoms with Crippen LogP contribution in [-0.4, -0.2) is 30.6 Å². The second kappa shape index (κ2) is 6.47. The highest BCUT2D eigenvalue weighted by Gasteiger charge is 2.38. The van der Waals surface area contributed by atoms with Gasteiger partial charge in [0.1, 0.15) is 0 Å². The van der Waals surface area contributed by atoms with Crippen molar-refractivity contribution in [2.75, 3.05) is 16.8 Å². The first kappa shape index (κ1) is 17.1. The minimum atomic E-state index is -4.99. The molecule has 2 rings (SSSR count). The third kappa shape index (κ3) is 3.94. The molecule has 1 fully saturated rings. The van der Waals surface area contributed by atoms with Crippen LogP contribution in [0.25, 0.3) is 0 Å². The van der Waals surface area contributed by atoms with Crippen LogP contribution in [0.2, 0.25) is 0 Å². The first-order valence-corrected chi connectivity index (χ1v) is 7.29. The maximum atomic E-state index is 12.3. The normalized spacial score (nSPS) is 18.6. The lowest BCUT2D eigenvalue weighted by atomic mass is 10.0. The van der Waals surface area contributed by atoms with Gasteiger partial charge in [-0.25, -0.2) is 0 Å². The Labute approximate surface area is 131 Å². The molecule has 0 aliphatic carbocycles. The zero-order valence-corrected chi connectivity index (χ0v) is 12.6. The molecule has 2 amide bonds. The van der Waals surface area contributed by atoms with Crippen molar-refractivity contribution in [2.45, 2.75) is 38.4 Å². The van der Waals surface area contributed by atoms with Crippen LogP contribution in [0, 0.1) is 0 Å². The molecule has 126 valence electrons. The van der Waals surface area contributed by atoms with Gasteiger partial charge in [-0.1, -0.05) is 0 Å². The highest BCUT2D eigenvalue weighted by molar-refractivity contribution is 6.02. The number of carbonyl (C=O) groups excluding carboxylic acids is 2. The molecule has 8 heteroatoms. The van der Waals surface area contributed by atoms with Gasteiger partial charge in [0.05, 0.1) is 5.56 Å². The number of alkyl halides is 3. The van der Waals surface area contributed by atoms with E-state index in [0.29, 0.717) is 5.69 Å². The summed E-state index contributed by atoms with van der Waals surface area (Å²) in [5, 5.41) is 1.73. The summed E-state index contributed by atoms with van der Waals surface area (Å²) in [4.78, 5) is 24.7. The van der Waals surface area contributed by atoms with Gasteiger partial charge in [0.25, 0.3) is 5.91 Å². The van der Waals surface area contributed by atoms with Crippen LogP contribution in [0.5, 0.6) is 0 Å². The van der Waals surface area contributed by atoms with Gasteiger partial charge < -0.3 is 16.0 Å². The fourth-order valence-electron chi connectivity index (χ4n) is 2.72. The molecule has 0 spiro atoms. The molecule has 1 aromatic carbocycles. The van der Waals surface area contributed by atoms with Gasteiger partial charge in [-0.05, 0) is 44.4 Å². The molecular formula is C15H18F3N3O2. The quantitative estimate of drug-likeness (QED) is 0.895. The molecule has 1 unspecified atom stereocenters. The highest BCUT2D eigenvalue weighted by Crippen LogP contribution is 2.30. The second-order valence-corrected chi connectivity index (χ2v) is 5.59. The van der Waals surface area contributed by atoms with E-state index in [4.69, 9.17) is 5.73 Å². The molecule has 1 aliphatic heterocycles. The molecule has 0 saturated carbocycles. The van der Waals surface area contributed by atoms with Crippen LogP contribution in [0.1, 0.15) is 36.5 Å². The minimum absolute atomic E-state index is 0.0960. The summed E-state index contributed by atoms with van der Waals surface area (Å²) in [6.07, 6.45) is -1.98. The number of halogens is 3. The topological polar surface area (TPSA) is 75.4 Å². The van der Waals surface area contributed by atoms with E-state index in [0.717, 1.165) is 25.8 Å². The Kier molecular flexibility index (Phi) is 4.82. The lowest BCUT2D eigenvalue weighted by Gasteiger charge is -2.36. The first-order chi connectivity index (χ1) is 10.7. The van der Waals surface area contributed by atoms with Gasteiger partial charge in [-0.3, -0.25) is 9.59 Å². The molecule has 0 radical (unpaired) electrons. The Morgan fingerprint density at radius 2 is 2.00 bits per heavy atom. The summed E-state index contributed by atoms with van der Waals surface area (Å²) in [6, 6.07) is 4.25. The van der Waals surface area contributed by atoms with E-state index in [9.17, 15) is 22.8 Å². The molecule has 3 N–H and O–H groups in total. The zero-order valence-electron chi connectivity index (χ0n) is 12.6. The maximum absolute atomic E-state index is 12.3. The molecule has 0 bridgehead atoms. The Hall–Kier alpha value is -2.25. The number of primary amides is 1. The Balaban J connectivity index is 2.31. The zero-order chi connectivity index (χ0) is 17.2. The van der Waals surface area contributed by atoms with E-state index in [2.05, 4.69) is 0 Å². The van der Waals surface area contributed by atoms with Crippen LogP contribution in [0.15, 0.2) is 18.2 Å². The van der Waals surface area contributed by atoms with Gasteiger partial charge in [0.2, 0.25) is 0 Å². The first-order valence-electron chi connectivity index (χ1n) is 7.29. The van der Waals surface area contributed by atoms with Crippen molar-refractivity contribution in [1.29, 1.82) is 0 Å². The van der Waals surface area contributed by atoms with Crippen LogP contribution in [0.3, 0.4) is 0 Å². The molecular weight excluding hydrogens is 311 g/mol. The summed E-state index contributed by atoms with van der Waals surface area (Å²) in [7, 11) is 0. The molecule has 1 heterocycles. The fraction of sp³-hybridized carbons (Fsp3) is 0.467. The summed E-state index contributed by atoms with van der Waals surface area (Å²) in [6.45, 7) is 2.76. The van der Waals surface area contributed by atoms with E-state index >= 15 is 0 Å². The number of hydrogen-bond acceptors (Lipinski definition) is 3. The number of rotatable bonds is 3. The predicted octanol–water partition coefficient (Wildman–Crippen LogP) is 2.67. The van der Waals surface area contributed by atoms with E-state index < -0.39 is 18.0 Å². The smallest absolute Gasteiger partial charge is 0.368 e. The Morgan fingerprint density at radius 1 is 1.30 bits per heavy atom. The van der Waals surface area contributed by atoms with E-state index in [1.54, 1.807) is 5.32 Å². The Morgan fingerprint density at radius 3 is 2.57 bits per heavy atom. The number of hydrogen-bond donors (Lipinski definition) is 2. The second-order valence-electron chi connectivity index (χ2n) is 5.59. The molecule has 1 saturated heterocycles. The van der Waals surface area contributed by atoms with Crippen LogP contribution in [0.4, 0.5) is 24.5 Å². The van der Waals surface area contributed by atoms with Crippen LogP contribution in [-0.2, 0) is 4.79 Å². The molecule has 23 heavy (non-hydrogen) atoms. The number of nitrogens with one attached hydrogen (secondary N) is 1. The largest absolute Gasteiger partial charge is 0.471 e. The number of nitrogens with zero attached hydrogens (tertiary/aromatic N) is 1. The summed E-state index contributed by atoms with van der Waals surface area (Å²) < 4.78 is 36.9. The standard InChI is InChI=1S/C15H18F3N3O2/c1-9-4-2-3-7-21(9)12-6-5-10(8-11(12)13(19)22)20-14(23)15(16,17)18/h5-6,8-9H,2-4,7H2,1H3,(H2,19,22)(H,20,23). The van der Waals surface area contributed by atoms with Gasteiger partial charge in [-0.15, -0.1) is 0 Å². The third-order valence-corrected chi connectivity index (χ3v) is 3.89. The van der Waals surface area contributed by atoms with Gasteiger partial charge >= 0.3 is 12.1 Å². The molecule has 0 aromatic heterocycles. The fourth-order valence-corrected chi connectivity index (χ4v) is 2.72. The van der Waals surface area contributed by atoms with Crippen molar-refractivity contribution < 1.29 is 22.8 Å². The van der Waals surface area contributed by atoms with E-state index in [1.807, 2.05) is 11.8 Å². The average Bonchev–Trinajstić information content (AvgIpc) is 2.47. The third-order valence-electron chi connectivity index (χ3n) is 3.89. The van der Waals surface area contributed by atoms with Crippen molar-refractivity contribution in [2.24, 2.45) is 5.73 Å². The monoisotopic (exact) mass is 329 g/mol. The number of anilines is 2. The van der Waals surface area contributed by atoms with Gasteiger partial charge in [0.15, 0.2) is 0 Å². The van der Waals surface area contributed by atoms with Crippen LogP contribution >= 0.6 is 0 Å². The van der Waals surface area contributed by atoms with Crippen molar-refractivity contribution >= 4 is 23.2 Å². The van der Waals surface area contributed by atoms with Gasteiger partial charge in [-0.2, -0.15) is 13.2 Å². The van der Waals surface area contributed by atoms with Gasteiger partial charge in [0, 0.05) is 24.0 Å². The SMILES string of the molecule is CC1CCCCN1c1ccc(NC(=O)C(F)(F)F)cc1C(N)=O. The molecule has 1 aliphatic rings. The number of carbonyl (C=O) groups is 2. The molecule has 1 atom stereocenters.